The highest BCUT2D eigenvalue weighted by molar-refractivity contribution is 9.11. The highest BCUT2D eigenvalue weighted by Gasteiger charge is 2.28. The van der Waals surface area contributed by atoms with Crippen LogP contribution in [0.5, 0.6) is 0 Å². The van der Waals surface area contributed by atoms with E-state index in [9.17, 15) is 5.26 Å². The number of alkyl halides is 1. The van der Waals surface area contributed by atoms with Gasteiger partial charge in [0, 0.05) is 20.7 Å². The van der Waals surface area contributed by atoms with Crippen molar-refractivity contribution in [3.8, 4) is 6.07 Å². The zero-order valence-corrected chi connectivity index (χ0v) is 18.4. The fraction of sp³-hybridized carbons (Fsp3) is 0.409. The van der Waals surface area contributed by atoms with Crippen molar-refractivity contribution < 1.29 is 0 Å². The van der Waals surface area contributed by atoms with Crippen molar-refractivity contribution >= 4 is 31.9 Å². The van der Waals surface area contributed by atoms with Gasteiger partial charge in [-0.2, -0.15) is 5.26 Å². The zero-order valence-electron chi connectivity index (χ0n) is 15.3. The predicted octanol–water partition coefficient (Wildman–Crippen LogP) is 6.66. The number of halogens is 2. The van der Waals surface area contributed by atoms with Crippen LogP contribution in [0.15, 0.2) is 70.1 Å². The second-order valence-corrected chi connectivity index (χ2v) is 9.54. The summed E-state index contributed by atoms with van der Waals surface area (Å²) in [6.07, 6.45) is 21.7. The van der Waals surface area contributed by atoms with Crippen LogP contribution in [-0.4, -0.2) is 15.8 Å². The van der Waals surface area contributed by atoms with Crippen LogP contribution in [0.1, 0.15) is 39.5 Å². The average Bonchev–Trinajstić information content (AvgIpc) is 2.65. The van der Waals surface area contributed by atoms with Crippen molar-refractivity contribution in [2.45, 2.75) is 50.4 Å². The Balaban J connectivity index is 1.91. The smallest absolute Gasteiger partial charge is 0.0729 e. The number of allylic oxidation sites excluding steroid dienone is 9. The fourth-order valence-electron chi connectivity index (χ4n) is 3.53. The van der Waals surface area contributed by atoms with Crippen LogP contribution in [0.4, 0.5) is 0 Å². The van der Waals surface area contributed by atoms with Gasteiger partial charge in [-0.05, 0) is 51.7 Å². The Kier molecular flexibility index (Phi) is 6.10. The van der Waals surface area contributed by atoms with Gasteiger partial charge < -0.3 is 4.90 Å². The molecule has 0 N–H and O–H groups in total. The van der Waals surface area contributed by atoms with E-state index in [0.717, 1.165) is 30.2 Å². The van der Waals surface area contributed by atoms with E-state index in [-0.39, 0.29) is 0 Å². The summed E-state index contributed by atoms with van der Waals surface area (Å²) in [6, 6.07) is 2.75. The molecule has 2 nitrogen and oxygen atoms in total. The minimum Gasteiger partial charge on any atom is -0.338 e. The van der Waals surface area contributed by atoms with Crippen molar-refractivity contribution in [3.63, 3.8) is 0 Å². The van der Waals surface area contributed by atoms with Crippen molar-refractivity contribution in [2.75, 3.05) is 0 Å². The summed E-state index contributed by atoms with van der Waals surface area (Å²) in [4.78, 5) is 2.89. The summed E-state index contributed by atoms with van der Waals surface area (Å²) in [7, 11) is 0. The number of hydrogen-bond donors (Lipinski definition) is 0. The lowest BCUT2D eigenvalue weighted by Gasteiger charge is -2.38. The molecular formula is C22H24Br2N2. The Bertz CT molecular complexity index is 787. The van der Waals surface area contributed by atoms with Crippen LogP contribution in [0, 0.1) is 16.7 Å². The molecular weight excluding hydrogens is 452 g/mol. The number of rotatable bonds is 4. The molecule has 2 atom stereocenters. The molecule has 0 fully saturated rings. The topological polar surface area (TPSA) is 27.0 Å². The van der Waals surface area contributed by atoms with Gasteiger partial charge in [0.2, 0.25) is 0 Å². The van der Waals surface area contributed by atoms with E-state index in [0.29, 0.717) is 10.9 Å². The van der Waals surface area contributed by atoms with Gasteiger partial charge in [-0.15, -0.1) is 0 Å². The summed E-state index contributed by atoms with van der Waals surface area (Å²) in [6.45, 7) is 4.01. The lowest BCUT2D eigenvalue weighted by atomic mass is 9.80. The quantitative estimate of drug-likeness (QED) is 0.425. The van der Waals surface area contributed by atoms with Gasteiger partial charge in [0.1, 0.15) is 0 Å². The van der Waals surface area contributed by atoms with Crippen LogP contribution in [0.3, 0.4) is 0 Å². The third-order valence-corrected chi connectivity index (χ3v) is 6.46. The third kappa shape index (κ3) is 4.32. The maximum absolute atomic E-state index is 9.41. The monoisotopic (exact) mass is 474 g/mol. The van der Waals surface area contributed by atoms with E-state index in [1.807, 2.05) is 13.8 Å². The zero-order chi connectivity index (χ0) is 18.7. The second kappa shape index (κ2) is 8.15. The maximum Gasteiger partial charge on any atom is 0.0729 e. The Morgan fingerprint density at radius 3 is 2.46 bits per heavy atom. The molecule has 3 rings (SSSR count). The first-order chi connectivity index (χ1) is 12.4. The molecule has 0 aromatic heterocycles. The molecule has 0 saturated carbocycles. The number of hydrogen-bond acceptors (Lipinski definition) is 2. The first kappa shape index (κ1) is 19.5. The van der Waals surface area contributed by atoms with Gasteiger partial charge >= 0.3 is 0 Å². The molecule has 0 heterocycles. The van der Waals surface area contributed by atoms with E-state index in [2.05, 4.69) is 91.4 Å². The van der Waals surface area contributed by atoms with Gasteiger partial charge in [-0.1, -0.05) is 73.9 Å². The van der Waals surface area contributed by atoms with Crippen LogP contribution in [0.25, 0.3) is 0 Å². The van der Waals surface area contributed by atoms with Gasteiger partial charge in [-0.25, -0.2) is 0 Å². The van der Waals surface area contributed by atoms with Crippen LogP contribution < -0.4 is 0 Å². The van der Waals surface area contributed by atoms with Gasteiger partial charge in [0.05, 0.1) is 17.5 Å². The lowest BCUT2D eigenvalue weighted by Crippen LogP contribution is -2.34. The minimum atomic E-state index is -0.390. The van der Waals surface area contributed by atoms with Crippen molar-refractivity contribution in [1.82, 2.24) is 4.90 Å². The molecule has 26 heavy (non-hydrogen) atoms. The second-order valence-electron chi connectivity index (χ2n) is 7.45. The lowest BCUT2D eigenvalue weighted by molar-refractivity contribution is 0.352. The van der Waals surface area contributed by atoms with E-state index in [1.54, 1.807) is 0 Å². The SMILES string of the molecule is CC(C)(C#N)C1=CC=C(N(C2=CCC(Br)C=C2)C2C=CC(Br)=CC2)CC1. The standard InChI is InChI=1S/C22H24Br2N2/c1-22(2,15-25)16-3-9-19(10-4-16)26(20-11-5-17(23)6-12-20)21-13-7-18(24)8-14-21/h3,5-7,9,11,13-14,18,20H,4,8,10,12H2,1-2H3. The summed E-state index contributed by atoms with van der Waals surface area (Å²) < 4.78 is 1.15. The number of nitrogens with zero attached hydrogens (tertiary/aromatic N) is 2. The molecule has 0 bridgehead atoms. The summed E-state index contributed by atoms with van der Waals surface area (Å²) in [5, 5.41) is 9.41. The first-order valence-electron chi connectivity index (χ1n) is 9.08. The Labute approximate surface area is 173 Å². The molecule has 2 unspecified atom stereocenters. The van der Waals surface area contributed by atoms with Crippen LogP contribution >= 0.6 is 31.9 Å². The average molecular weight is 476 g/mol. The molecule has 0 radical (unpaired) electrons. The summed E-state index contributed by atoms with van der Waals surface area (Å²) in [5.41, 5.74) is 3.43. The molecule has 0 spiro atoms. The van der Waals surface area contributed by atoms with Crippen LogP contribution in [0.2, 0.25) is 0 Å². The van der Waals surface area contributed by atoms with Crippen LogP contribution in [-0.2, 0) is 0 Å². The third-order valence-electron chi connectivity index (χ3n) is 5.19. The largest absolute Gasteiger partial charge is 0.338 e. The fourth-order valence-corrected chi connectivity index (χ4v) is 4.20. The Morgan fingerprint density at radius 2 is 1.92 bits per heavy atom. The highest BCUT2D eigenvalue weighted by atomic mass is 79.9. The molecule has 3 aliphatic rings. The van der Waals surface area contributed by atoms with E-state index in [1.165, 1.54) is 17.0 Å². The van der Waals surface area contributed by atoms with Crippen molar-refractivity contribution in [1.29, 1.82) is 5.26 Å². The molecule has 0 amide bonds. The van der Waals surface area contributed by atoms with E-state index < -0.39 is 5.41 Å². The van der Waals surface area contributed by atoms with E-state index in [4.69, 9.17) is 0 Å². The molecule has 4 heteroatoms. The molecule has 0 aliphatic heterocycles. The molecule has 0 aromatic rings. The highest BCUT2D eigenvalue weighted by Crippen LogP contribution is 2.37. The maximum atomic E-state index is 9.41. The van der Waals surface area contributed by atoms with Crippen molar-refractivity contribution in [3.05, 3.63) is 70.1 Å². The molecule has 3 aliphatic carbocycles. The minimum absolute atomic E-state index is 0.323. The number of nitriles is 1. The predicted molar refractivity (Wildman–Crippen MR) is 116 cm³/mol. The summed E-state index contributed by atoms with van der Waals surface area (Å²) >= 11 is 7.24. The van der Waals surface area contributed by atoms with Gasteiger partial charge in [0.25, 0.3) is 0 Å². The van der Waals surface area contributed by atoms with Crippen molar-refractivity contribution in [2.24, 2.45) is 5.41 Å². The Morgan fingerprint density at radius 1 is 1.12 bits per heavy atom. The first-order valence-corrected chi connectivity index (χ1v) is 10.8. The summed E-state index contributed by atoms with van der Waals surface area (Å²) in [5.74, 6) is 0. The Hall–Kier alpha value is -1.31. The van der Waals surface area contributed by atoms with E-state index >= 15 is 0 Å². The van der Waals surface area contributed by atoms with Gasteiger partial charge in [0.15, 0.2) is 0 Å². The molecule has 0 saturated heterocycles. The molecule has 136 valence electrons. The molecule has 0 aromatic carbocycles. The normalized spacial score (nSPS) is 25.7. The van der Waals surface area contributed by atoms with Gasteiger partial charge in [-0.3, -0.25) is 0 Å².